The highest BCUT2D eigenvalue weighted by Crippen LogP contribution is 2.29. The van der Waals surface area contributed by atoms with Crippen LogP contribution in [0.25, 0.3) is 12.2 Å². The normalized spacial score (nSPS) is 10.8. The van der Waals surface area contributed by atoms with Crippen LogP contribution in [0.3, 0.4) is 0 Å². The van der Waals surface area contributed by atoms with Crippen molar-refractivity contribution in [3.8, 4) is 23.0 Å². The second-order valence-electron chi connectivity index (χ2n) is 8.07. The third-order valence-electron chi connectivity index (χ3n) is 4.72. The summed E-state index contributed by atoms with van der Waals surface area (Å²) in [6, 6.07) is 11.1. The van der Waals surface area contributed by atoms with E-state index in [2.05, 4.69) is 0 Å². The van der Waals surface area contributed by atoms with Gasteiger partial charge in [-0.1, -0.05) is 35.4 Å². The van der Waals surface area contributed by atoms with Crippen molar-refractivity contribution in [1.29, 1.82) is 0 Å². The predicted molar refractivity (Wildman–Crippen MR) is 139 cm³/mol. The van der Waals surface area contributed by atoms with Crippen LogP contribution in [0.15, 0.2) is 71.8 Å². The lowest BCUT2D eigenvalue weighted by atomic mass is 10.1. The summed E-state index contributed by atoms with van der Waals surface area (Å²) < 4.78 is 22.3. The Morgan fingerprint density at radius 3 is 1.44 bits per heavy atom. The average Bonchev–Trinajstić information content (AvgIpc) is 2.81. The molecule has 5 nitrogen and oxygen atoms in total. The van der Waals surface area contributed by atoms with Gasteiger partial charge in [-0.15, -0.1) is 0 Å². The van der Waals surface area contributed by atoms with Gasteiger partial charge in [0, 0.05) is 0 Å². The number of carbonyl (C=O) groups is 1. The standard InChI is InChI=1S/C29H34O5/c1-21(2)15-17-33-26-13-9-23(19-28(26)31-5)7-11-25(30)12-8-24-10-14-27(29(20-24)32-6)34-18-16-22(3)4/h7-16,19-20H,17-18H2,1-6H3. The summed E-state index contributed by atoms with van der Waals surface area (Å²) in [5, 5.41) is 0. The van der Waals surface area contributed by atoms with Gasteiger partial charge in [-0.25, -0.2) is 0 Å². The lowest BCUT2D eigenvalue weighted by Crippen LogP contribution is -1.97. The van der Waals surface area contributed by atoms with E-state index in [4.69, 9.17) is 18.9 Å². The molecule has 0 bridgehead atoms. The fraction of sp³-hybridized carbons (Fsp3) is 0.276. The van der Waals surface area contributed by atoms with Gasteiger partial charge in [-0.3, -0.25) is 4.79 Å². The van der Waals surface area contributed by atoms with E-state index in [1.807, 2.05) is 76.2 Å². The molecule has 0 radical (unpaired) electrons. The Hall–Kier alpha value is -3.73. The topological polar surface area (TPSA) is 54.0 Å². The zero-order valence-corrected chi connectivity index (χ0v) is 20.9. The van der Waals surface area contributed by atoms with Gasteiger partial charge in [0.2, 0.25) is 0 Å². The minimum Gasteiger partial charge on any atom is -0.493 e. The van der Waals surface area contributed by atoms with Crippen molar-refractivity contribution in [1.82, 2.24) is 0 Å². The molecule has 0 atom stereocenters. The fourth-order valence-electron chi connectivity index (χ4n) is 2.82. The Kier molecular flexibility index (Phi) is 10.7. The van der Waals surface area contributed by atoms with Crippen molar-refractivity contribution in [3.63, 3.8) is 0 Å². The number of hydrogen-bond donors (Lipinski definition) is 0. The molecular weight excluding hydrogens is 428 g/mol. The molecule has 0 aromatic heterocycles. The third kappa shape index (κ3) is 9.02. The van der Waals surface area contributed by atoms with Gasteiger partial charge in [0.25, 0.3) is 0 Å². The number of ether oxygens (including phenoxy) is 4. The molecule has 0 amide bonds. The molecule has 0 fully saturated rings. The first-order chi connectivity index (χ1) is 16.3. The zero-order valence-electron chi connectivity index (χ0n) is 20.9. The lowest BCUT2D eigenvalue weighted by molar-refractivity contribution is -0.110. The molecule has 0 unspecified atom stereocenters. The van der Waals surface area contributed by atoms with Gasteiger partial charge in [-0.2, -0.15) is 0 Å². The summed E-state index contributed by atoms with van der Waals surface area (Å²) in [5.41, 5.74) is 4.06. The molecular formula is C29H34O5. The summed E-state index contributed by atoms with van der Waals surface area (Å²) in [7, 11) is 3.19. The maximum absolute atomic E-state index is 12.3. The first-order valence-corrected chi connectivity index (χ1v) is 11.1. The highest BCUT2D eigenvalue weighted by atomic mass is 16.5. The minimum atomic E-state index is -0.134. The van der Waals surface area contributed by atoms with Crippen LogP contribution in [0, 0.1) is 0 Å². The molecule has 0 N–H and O–H groups in total. The number of ketones is 1. The van der Waals surface area contributed by atoms with E-state index in [9.17, 15) is 4.79 Å². The van der Waals surface area contributed by atoms with Crippen molar-refractivity contribution in [2.75, 3.05) is 27.4 Å². The first kappa shape index (κ1) is 26.5. The molecule has 34 heavy (non-hydrogen) atoms. The van der Waals surface area contributed by atoms with Crippen LogP contribution in [-0.2, 0) is 4.79 Å². The van der Waals surface area contributed by atoms with E-state index < -0.39 is 0 Å². The number of carbonyl (C=O) groups excluding carboxylic acids is 1. The quantitative estimate of drug-likeness (QED) is 0.260. The summed E-state index contributed by atoms with van der Waals surface area (Å²) in [6.45, 7) is 9.04. The van der Waals surface area contributed by atoms with E-state index in [-0.39, 0.29) is 5.78 Å². The van der Waals surface area contributed by atoms with Gasteiger partial charge >= 0.3 is 0 Å². The summed E-state index contributed by atoms with van der Waals surface area (Å²) >= 11 is 0. The highest BCUT2D eigenvalue weighted by Gasteiger charge is 2.06. The molecule has 0 aliphatic rings. The molecule has 0 saturated heterocycles. The SMILES string of the molecule is COc1cc(C=CC(=O)C=Cc2ccc(OCC=C(C)C)c(OC)c2)ccc1OCC=C(C)C. The number of methoxy groups -OCH3 is 2. The summed E-state index contributed by atoms with van der Waals surface area (Å²) in [5.74, 6) is 2.42. The summed E-state index contributed by atoms with van der Waals surface area (Å²) in [6.07, 6.45) is 10.5. The van der Waals surface area contributed by atoms with Crippen LogP contribution in [0.5, 0.6) is 23.0 Å². The molecule has 0 heterocycles. The van der Waals surface area contributed by atoms with E-state index in [0.29, 0.717) is 36.2 Å². The smallest absolute Gasteiger partial charge is 0.178 e. The Labute approximate surface area is 203 Å². The molecule has 0 aliphatic carbocycles. The first-order valence-electron chi connectivity index (χ1n) is 11.1. The Morgan fingerprint density at radius 1 is 0.676 bits per heavy atom. The molecule has 0 spiro atoms. The number of benzene rings is 2. The number of hydrogen-bond acceptors (Lipinski definition) is 5. The maximum Gasteiger partial charge on any atom is 0.178 e. The van der Waals surface area contributed by atoms with Crippen molar-refractivity contribution < 1.29 is 23.7 Å². The largest absolute Gasteiger partial charge is 0.493 e. The van der Waals surface area contributed by atoms with Crippen molar-refractivity contribution in [2.45, 2.75) is 27.7 Å². The Morgan fingerprint density at radius 2 is 1.09 bits per heavy atom. The van der Waals surface area contributed by atoms with Gasteiger partial charge in [0.15, 0.2) is 28.8 Å². The van der Waals surface area contributed by atoms with Gasteiger partial charge in [-0.05, 0) is 87.4 Å². The molecule has 180 valence electrons. The van der Waals surface area contributed by atoms with Gasteiger partial charge in [0.05, 0.1) is 14.2 Å². The van der Waals surface area contributed by atoms with E-state index in [1.165, 1.54) is 23.3 Å². The summed E-state index contributed by atoms with van der Waals surface area (Å²) in [4.78, 5) is 12.3. The average molecular weight is 463 g/mol. The van der Waals surface area contributed by atoms with Crippen molar-refractivity contribution >= 4 is 17.9 Å². The molecule has 2 aromatic rings. The number of allylic oxidation sites excluding steroid dienone is 4. The van der Waals surface area contributed by atoms with E-state index in [1.54, 1.807) is 26.4 Å². The van der Waals surface area contributed by atoms with Crippen LogP contribution in [0.4, 0.5) is 0 Å². The van der Waals surface area contributed by atoms with Crippen LogP contribution in [0.2, 0.25) is 0 Å². The molecule has 0 saturated carbocycles. The van der Waals surface area contributed by atoms with Crippen LogP contribution in [-0.4, -0.2) is 33.2 Å². The molecule has 2 rings (SSSR count). The fourth-order valence-corrected chi connectivity index (χ4v) is 2.82. The van der Waals surface area contributed by atoms with E-state index in [0.717, 1.165) is 11.1 Å². The molecule has 5 heteroatoms. The zero-order chi connectivity index (χ0) is 24.9. The van der Waals surface area contributed by atoms with Crippen LogP contribution >= 0.6 is 0 Å². The Bertz CT molecular complexity index is 996. The molecule has 2 aromatic carbocycles. The Balaban J connectivity index is 2.03. The molecule has 0 aliphatic heterocycles. The highest BCUT2D eigenvalue weighted by molar-refractivity contribution is 6.04. The van der Waals surface area contributed by atoms with Crippen LogP contribution < -0.4 is 18.9 Å². The maximum atomic E-state index is 12.3. The van der Waals surface area contributed by atoms with Crippen molar-refractivity contribution in [2.24, 2.45) is 0 Å². The van der Waals surface area contributed by atoms with Gasteiger partial charge < -0.3 is 18.9 Å². The lowest BCUT2D eigenvalue weighted by Gasteiger charge is -2.10. The third-order valence-corrected chi connectivity index (χ3v) is 4.72. The minimum absolute atomic E-state index is 0.134. The number of rotatable bonds is 12. The predicted octanol–water partition coefficient (Wildman–Crippen LogP) is 6.69. The van der Waals surface area contributed by atoms with E-state index >= 15 is 0 Å². The van der Waals surface area contributed by atoms with Crippen molar-refractivity contribution in [3.05, 3.63) is 83.0 Å². The second kappa shape index (κ2) is 13.7. The van der Waals surface area contributed by atoms with Gasteiger partial charge in [0.1, 0.15) is 13.2 Å². The monoisotopic (exact) mass is 462 g/mol. The van der Waals surface area contributed by atoms with Crippen LogP contribution in [0.1, 0.15) is 38.8 Å². The second-order valence-corrected chi connectivity index (χ2v) is 8.07.